The Labute approximate surface area is 110 Å². The van der Waals surface area contributed by atoms with Gasteiger partial charge in [-0.1, -0.05) is 0 Å². The predicted molar refractivity (Wildman–Crippen MR) is 73.9 cm³/mol. The zero-order chi connectivity index (χ0) is 13.8. The number of hydrogen-bond donors (Lipinski definition) is 5. The molecule has 102 valence electrons. The second-order valence-electron chi connectivity index (χ2n) is 4.36. The zero-order valence-electron chi connectivity index (χ0n) is 10.5. The third-order valence-electron chi connectivity index (χ3n) is 2.91. The molecule has 1 aromatic rings. The number of urea groups is 1. The van der Waals surface area contributed by atoms with E-state index in [4.69, 9.17) is 11.5 Å². The van der Waals surface area contributed by atoms with Crippen molar-refractivity contribution in [1.82, 2.24) is 5.32 Å². The van der Waals surface area contributed by atoms with Crippen LogP contribution in [0.1, 0.15) is 12.0 Å². The summed E-state index contributed by atoms with van der Waals surface area (Å²) in [5, 5.41) is 8.39. The summed E-state index contributed by atoms with van der Waals surface area (Å²) in [6, 6.07) is 3.12. The number of hydrogen-bond acceptors (Lipinski definition) is 4. The van der Waals surface area contributed by atoms with E-state index in [1.807, 2.05) is 6.07 Å². The van der Waals surface area contributed by atoms with E-state index in [2.05, 4.69) is 16.0 Å². The molecule has 1 aliphatic rings. The van der Waals surface area contributed by atoms with Crippen molar-refractivity contribution < 1.29 is 9.59 Å². The van der Waals surface area contributed by atoms with Gasteiger partial charge in [-0.2, -0.15) is 0 Å². The van der Waals surface area contributed by atoms with Crippen LogP contribution in [0.25, 0.3) is 0 Å². The maximum Gasteiger partial charge on any atom is 0.312 e. The summed E-state index contributed by atoms with van der Waals surface area (Å²) in [5.41, 5.74) is 14.0. The summed E-state index contributed by atoms with van der Waals surface area (Å²) >= 11 is 0. The molecule has 0 atom stereocenters. The Morgan fingerprint density at radius 2 is 2.11 bits per heavy atom. The number of aryl methyl sites for hydroxylation is 1. The normalized spacial score (nSPS) is 13.4. The summed E-state index contributed by atoms with van der Waals surface area (Å²) in [6.45, 7) is 0.945. The molecule has 0 spiro atoms. The topological polar surface area (TPSA) is 122 Å². The molecule has 1 aromatic carbocycles. The Morgan fingerprint density at radius 1 is 1.32 bits per heavy atom. The van der Waals surface area contributed by atoms with E-state index in [-0.39, 0.29) is 5.91 Å². The monoisotopic (exact) mass is 263 g/mol. The Balaban J connectivity index is 2.01. The van der Waals surface area contributed by atoms with E-state index >= 15 is 0 Å². The van der Waals surface area contributed by atoms with Gasteiger partial charge in [-0.05, 0) is 24.1 Å². The standard InChI is InChI=1S/C12H17N5O2/c13-8-6-9-7(1-2-11(18)17-9)5-10(8)15-3-4-16-12(14)19/h5-6,15H,1-4,13H2,(H,17,18)(H3,14,16,19). The molecule has 7 N–H and O–H groups in total. The first-order valence-electron chi connectivity index (χ1n) is 6.05. The lowest BCUT2D eigenvalue weighted by Crippen LogP contribution is -2.33. The molecule has 7 nitrogen and oxygen atoms in total. The molecule has 0 saturated carbocycles. The molecule has 0 aromatic heterocycles. The maximum atomic E-state index is 11.3. The Hall–Kier alpha value is -2.44. The summed E-state index contributed by atoms with van der Waals surface area (Å²) in [6.07, 6.45) is 1.19. The first kappa shape index (κ1) is 13.0. The first-order chi connectivity index (χ1) is 9.06. The maximum absolute atomic E-state index is 11.3. The van der Waals surface area contributed by atoms with Gasteiger partial charge < -0.3 is 27.4 Å². The van der Waals surface area contributed by atoms with E-state index in [0.29, 0.717) is 31.6 Å². The van der Waals surface area contributed by atoms with Crippen molar-refractivity contribution in [1.29, 1.82) is 0 Å². The zero-order valence-corrected chi connectivity index (χ0v) is 10.5. The van der Waals surface area contributed by atoms with Gasteiger partial charge in [-0.15, -0.1) is 0 Å². The quantitative estimate of drug-likeness (QED) is 0.394. The molecule has 0 unspecified atom stereocenters. The number of benzene rings is 1. The smallest absolute Gasteiger partial charge is 0.312 e. The van der Waals surface area contributed by atoms with Gasteiger partial charge in [0.15, 0.2) is 0 Å². The van der Waals surface area contributed by atoms with Crippen molar-refractivity contribution in [2.24, 2.45) is 5.73 Å². The first-order valence-corrected chi connectivity index (χ1v) is 6.05. The molecular formula is C12H17N5O2. The number of anilines is 3. The molecule has 2 rings (SSSR count). The second kappa shape index (κ2) is 5.47. The van der Waals surface area contributed by atoms with Gasteiger partial charge in [0, 0.05) is 25.2 Å². The van der Waals surface area contributed by atoms with Gasteiger partial charge in [0.05, 0.1) is 11.4 Å². The van der Waals surface area contributed by atoms with Crippen molar-refractivity contribution in [2.45, 2.75) is 12.8 Å². The number of amides is 3. The molecule has 1 aliphatic heterocycles. The van der Waals surface area contributed by atoms with Crippen LogP contribution in [0.5, 0.6) is 0 Å². The lowest BCUT2D eigenvalue weighted by molar-refractivity contribution is -0.116. The molecule has 3 amide bonds. The fraction of sp³-hybridized carbons (Fsp3) is 0.333. The van der Waals surface area contributed by atoms with E-state index in [9.17, 15) is 9.59 Å². The van der Waals surface area contributed by atoms with E-state index in [1.54, 1.807) is 6.07 Å². The number of nitrogens with one attached hydrogen (secondary N) is 3. The highest BCUT2D eigenvalue weighted by atomic mass is 16.2. The average molecular weight is 263 g/mol. The fourth-order valence-corrected chi connectivity index (χ4v) is 1.98. The summed E-state index contributed by atoms with van der Waals surface area (Å²) in [5.74, 6) is 0.0123. The van der Waals surface area contributed by atoms with E-state index in [1.165, 1.54) is 0 Å². The molecule has 1 heterocycles. The molecule has 7 heteroatoms. The van der Waals surface area contributed by atoms with Gasteiger partial charge in [0.25, 0.3) is 0 Å². The lowest BCUT2D eigenvalue weighted by Gasteiger charge is -2.19. The molecule has 19 heavy (non-hydrogen) atoms. The number of fused-ring (bicyclic) bond motifs is 1. The van der Waals surface area contributed by atoms with Gasteiger partial charge >= 0.3 is 6.03 Å². The van der Waals surface area contributed by atoms with Crippen LogP contribution in [0.3, 0.4) is 0 Å². The van der Waals surface area contributed by atoms with Crippen LogP contribution in [0.4, 0.5) is 21.9 Å². The SMILES string of the molecule is NC(=O)NCCNc1cc2c(cc1N)NC(=O)CC2. The number of rotatable bonds is 4. The van der Waals surface area contributed by atoms with Crippen molar-refractivity contribution in [3.05, 3.63) is 17.7 Å². The summed E-state index contributed by atoms with van der Waals surface area (Å²) in [7, 11) is 0. The van der Waals surface area contributed by atoms with Crippen molar-refractivity contribution >= 4 is 29.0 Å². The second-order valence-corrected chi connectivity index (χ2v) is 4.36. The average Bonchev–Trinajstić information content (AvgIpc) is 2.34. The summed E-state index contributed by atoms with van der Waals surface area (Å²) < 4.78 is 0. The van der Waals surface area contributed by atoms with Gasteiger partial charge in [-0.3, -0.25) is 4.79 Å². The molecule has 0 bridgehead atoms. The highest BCUT2D eigenvalue weighted by Crippen LogP contribution is 2.30. The fourth-order valence-electron chi connectivity index (χ4n) is 1.98. The van der Waals surface area contributed by atoms with Crippen LogP contribution in [0, 0.1) is 0 Å². The van der Waals surface area contributed by atoms with Crippen LogP contribution < -0.4 is 27.4 Å². The molecule has 0 saturated heterocycles. The van der Waals surface area contributed by atoms with E-state index < -0.39 is 6.03 Å². The number of carbonyl (C=O) groups excluding carboxylic acids is 2. The lowest BCUT2D eigenvalue weighted by atomic mass is 10.0. The molecule has 0 fully saturated rings. The highest BCUT2D eigenvalue weighted by molar-refractivity contribution is 5.95. The number of nitrogen functional groups attached to an aromatic ring is 1. The Bertz CT molecular complexity index is 515. The van der Waals surface area contributed by atoms with Crippen molar-refractivity contribution in [3.63, 3.8) is 0 Å². The molecule has 0 radical (unpaired) electrons. The van der Waals surface area contributed by atoms with Gasteiger partial charge in [0.2, 0.25) is 5.91 Å². The predicted octanol–water partition coefficient (Wildman–Crippen LogP) is 0.234. The van der Waals surface area contributed by atoms with Crippen molar-refractivity contribution in [2.75, 3.05) is 29.5 Å². The molecule has 0 aliphatic carbocycles. The van der Waals surface area contributed by atoms with Crippen LogP contribution in [0.15, 0.2) is 12.1 Å². The Morgan fingerprint density at radius 3 is 2.84 bits per heavy atom. The third kappa shape index (κ3) is 3.27. The molecular weight excluding hydrogens is 246 g/mol. The van der Waals surface area contributed by atoms with Crippen LogP contribution in [-0.4, -0.2) is 25.0 Å². The number of primary amides is 1. The minimum absolute atomic E-state index is 0.0123. The van der Waals surface area contributed by atoms with Gasteiger partial charge in [-0.25, -0.2) is 4.79 Å². The number of nitrogens with two attached hydrogens (primary N) is 2. The highest BCUT2D eigenvalue weighted by Gasteiger charge is 2.16. The third-order valence-corrected chi connectivity index (χ3v) is 2.91. The number of carbonyl (C=O) groups is 2. The van der Waals surface area contributed by atoms with E-state index in [0.717, 1.165) is 16.9 Å². The van der Waals surface area contributed by atoms with Crippen LogP contribution in [-0.2, 0) is 11.2 Å². The minimum Gasteiger partial charge on any atom is -0.397 e. The Kier molecular flexibility index (Phi) is 3.74. The van der Waals surface area contributed by atoms with Crippen LogP contribution >= 0.6 is 0 Å². The van der Waals surface area contributed by atoms with Crippen LogP contribution in [0.2, 0.25) is 0 Å². The van der Waals surface area contributed by atoms with Crippen molar-refractivity contribution in [3.8, 4) is 0 Å². The summed E-state index contributed by atoms with van der Waals surface area (Å²) in [4.78, 5) is 21.8. The van der Waals surface area contributed by atoms with Gasteiger partial charge in [0.1, 0.15) is 0 Å². The largest absolute Gasteiger partial charge is 0.397 e. The minimum atomic E-state index is -0.553.